The molecule has 0 atom stereocenters. The normalized spacial score (nSPS) is 16.5. The van der Waals surface area contributed by atoms with Crippen LogP contribution in [0.2, 0.25) is 0 Å². The van der Waals surface area contributed by atoms with Crippen molar-refractivity contribution in [3.8, 4) is 0 Å². The molecular formula is C31H34N6O2. The lowest BCUT2D eigenvalue weighted by Crippen LogP contribution is -2.46. The van der Waals surface area contributed by atoms with Gasteiger partial charge >= 0.3 is 0 Å². The lowest BCUT2D eigenvalue weighted by atomic mass is 10.1. The number of piperazine rings is 1. The largest absolute Gasteiger partial charge is 0.398 e. The second kappa shape index (κ2) is 11.0. The third-order valence-corrected chi connectivity index (χ3v) is 7.81. The molecule has 0 spiro atoms. The Labute approximate surface area is 228 Å². The Morgan fingerprint density at radius 1 is 0.974 bits per heavy atom. The van der Waals surface area contributed by atoms with Gasteiger partial charge in [-0.3, -0.25) is 14.8 Å². The summed E-state index contributed by atoms with van der Waals surface area (Å²) >= 11 is 0. The molecule has 3 aromatic carbocycles. The average Bonchev–Trinajstić information content (AvgIpc) is 3.53. The van der Waals surface area contributed by atoms with Gasteiger partial charge in [-0.1, -0.05) is 42.5 Å². The molecule has 8 heteroatoms. The predicted octanol–water partition coefficient (Wildman–Crippen LogP) is 3.98. The number of hydrogen-bond acceptors (Lipinski definition) is 6. The van der Waals surface area contributed by atoms with Gasteiger partial charge in [0.2, 0.25) is 0 Å². The van der Waals surface area contributed by atoms with Crippen molar-refractivity contribution in [2.45, 2.75) is 19.5 Å². The van der Waals surface area contributed by atoms with Gasteiger partial charge < -0.3 is 20.6 Å². The Hall–Kier alpha value is -3.98. The van der Waals surface area contributed by atoms with Crippen LogP contribution in [0.25, 0.3) is 23.1 Å². The number of nitrogens with two attached hydrogens (primary N) is 1. The maximum absolute atomic E-state index is 13.5. The van der Waals surface area contributed by atoms with Gasteiger partial charge in [0.05, 0.1) is 23.4 Å². The lowest BCUT2D eigenvalue weighted by Gasteiger charge is -2.34. The fourth-order valence-corrected chi connectivity index (χ4v) is 5.62. The molecule has 39 heavy (non-hydrogen) atoms. The van der Waals surface area contributed by atoms with E-state index in [0.29, 0.717) is 17.8 Å². The second-order valence-electron chi connectivity index (χ2n) is 10.3. The number of nitrogens with one attached hydrogen (secondary N) is 1. The summed E-state index contributed by atoms with van der Waals surface area (Å²) in [7, 11) is 0. The summed E-state index contributed by atoms with van der Waals surface area (Å²) in [4.78, 5) is 20.2. The topological polar surface area (TPSA) is 102 Å². The van der Waals surface area contributed by atoms with E-state index in [1.807, 2.05) is 53.5 Å². The zero-order valence-corrected chi connectivity index (χ0v) is 22.0. The molecular weight excluding hydrogens is 488 g/mol. The summed E-state index contributed by atoms with van der Waals surface area (Å²) in [5.74, 6) is -0.0215. The molecule has 200 valence electrons. The molecule has 8 nitrogen and oxygen atoms in total. The van der Waals surface area contributed by atoms with Crippen LogP contribution in [0.1, 0.15) is 39.2 Å². The molecule has 0 aliphatic carbocycles. The van der Waals surface area contributed by atoms with Crippen LogP contribution in [0.3, 0.4) is 0 Å². The summed E-state index contributed by atoms with van der Waals surface area (Å²) in [5.41, 5.74) is 13.3. The van der Waals surface area contributed by atoms with E-state index in [1.54, 1.807) is 0 Å². The molecule has 1 saturated heterocycles. The summed E-state index contributed by atoms with van der Waals surface area (Å²) in [5, 5.41) is 17.8. The molecule has 1 amide bonds. The number of aliphatic hydroxyl groups excluding tert-OH is 1. The van der Waals surface area contributed by atoms with Gasteiger partial charge in [-0.15, -0.1) is 0 Å². The van der Waals surface area contributed by atoms with E-state index in [4.69, 9.17) is 10.8 Å². The van der Waals surface area contributed by atoms with Crippen molar-refractivity contribution in [1.82, 2.24) is 20.0 Å². The van der Waals surface area contributed by atoms with Crippen LogP contribution in [0.15, 0.2) is 60.7 Å². The maximum atomic E-state index is 13.5. The second-order valence-corrected chi connectivity index (χ2v) is 10.3. The van der Waals surface area contributed by atoms with E-state index in [9.17, 15) is 4.79 Å². The number of fused-ring (bicyclic) bond motifs is 2. The Morgan fingerprint density at radius 3 is 2.62 bits per heavy atom. The summed E-state index contributed by atoms with van der Waals surface area (Å²) < 4.78 is 0. The van der Waals surface area contributed by atoms with Crippen molar-refractivity contribution in [2.24, 2.45) is 0 Å². The van der Waals surface area contributed by atoms with E-state index in [-0.39, 0.29) is 12.5 Å². The van der Waals surface area contributed by atoms with E-state index < -0.39 is 0 Å². The minimum atomic E-state index is -0.0215. The zero-order valence-electron chi connectivity index (χ0n) is 22.0. The number of aromatic nitrogens is 2. The number of carbonyl (C=O) groups is 1. The predicted molar refractivity (Wildman–Crippen MR) is 156 cm³/mol. The molecule has 1 fully saturated rings. The molecule has 0 unspecified atom stereocenters. The minimum Gasteiger partial charge on any atom is -0.398 e. The number of hydrogen-bond donors (Lipinski definition) is 3. The van der Waals surface area contributed by atoms with Crippen LogP contribution in [0, 0.1) is 0 Å². The number of anilines is 2. The van der Waals surface area contributed by atoms with Gasteiger partial charge in [0.15, 0.2) is 0 Å². The van der Waals surface area contributed by atoms with E-state index in [2.05, 4.69) is 44.3 Å². The van der Waals surface area contributed by atoms with Gasteiger partial charge in [-0.25, -0.2) is 0 Å². The highest BCUT2D eigenvalue weighted by Gasteiger charge is 2.31. The van der Waals surface area contributed by atoms with Crippen molar-refractivity contribution in [3.05, 3.63) is 88.6 Å². The number of nitrogen functional groups attached to an aromatic ring is 1. The van der Waals surface area contributed by atoms with Crippen molar-refractivity contribution in [3.63, 3.8) is 0 Å². The van der Waals surface area contributed by atoms with Crippen LogP contribution in [-0.2, 0) is 13.1 Å². The van der Waals surface area contributed by atoms with E-state index in [0.717, 1.165) is 79.1 Å². The molecule has 0 saturated carbocycles. The first kappa shape index (κ1) is 25.3. The van der Waals surface area contributed by atoms with Crippen LogP contribution < -0.4 is 10.6 Å². The Balaban J connectivity index is 1.29. The molecule has 2 aliphatic rings. The number of aliphatic hydroxyl groups is 1. The molecule has 4 N–H and O–H groups in total. The van der Waals surface area contributed by atoms with Gasteiger partial charge in [0.1, 0.15) is 0 Å². The first-order valence-corrected chi connectivity index (χ1v) is 13.6. The van der Waals surface area contributed by atoms with Crippen LogP contribution >= 0.6 is 0 Å². The number of carbonyl (C=O) groups excluding carboxylic acids is 1. The molecule has 2 aliphatic heterocycles. The third-order valence-electron chi connectivity index (χ3n) is 7.81. The fourth-order valence-electron chi connectivity index (χ4n) is 5.62. The molecule has 6 rings (SSSR count). The molecule has 3 heterocycles. The third kappa shape index (κ3) is 5.18. The van der Waals surface area contributed by atoms with Crippen LogP contribution in [0.5, 0.6) is 0 Å². The van der Waals surface area contributed by atoms with Gasteiger partial charge in [0.25, 0.3) is 5.91 Å². The minimum absolute atomic E-state index is 0.0215. The van der Waals surface area contributed by atoms with Gasteiger partial charge in [-0.2, -0.15) is 5.10 Å². The van der Waals surface area contributed by atoms with E-state index in [1.165, 1.54) is 5.56 Å². The zero-order chi connectivity index (χ0) is 26.8. The number of aromatic amines is 1. The van der Waals surface area contributed by atoms with Crippen molar-refractivity contribution < 1.29 is 9.90 Å². The summed E-state index contributed by atoms with van der Waals surface area (Å²) in [6.45, 7) is 6.45. The van der Waals surface area contributed by atoms with Gasteiger partial charge in [0, 0.05) is 68.1 Å². The number of para-hydroxylation sites is 1. The van der Waals surface area contributed by atoms with E-state index >= 15 is 0 Å². The number of rotatable bonds is 8. The Kier molecular flexibility index (Phi) is 7.15. The Bertz CT molecular complexity index is 1520. The Morgan fingerprint density at radius 2 is 1.79 bits per heavy atom. The van der Waals surface area contributed by atoms with Crippen LogP contribution in [0.4, 0.5) is 11.4 Å². The smallest absolute Gasteiger partial charge is 0.259 e. The highest BCUT2D eigenvalue weighted by molar-refractivity contribution is 6.12. The highest BCUT2D eigenvalue weighted by atomic mass is 16.3. The highest BCUT2D eigenvalue weighted by Crippen LogP contribution is 2.35. The summed E-state index contributed by atoms with van der Waals surface area (Å²) in [6, 6.07) is 20.0. The van der Waals surface area contributed by atoms with Crippen molar-refractivity contribution in [1.29, 1.82) is 0 Å². The standard InChI is InChI=1S/C31H34N6O2/c32-27-7-3-6-24-26(27)21-37(31(24)39)30-19-22(20-36-16-14-35(15-17-36)13-4-18-38)9-10-23(30)11-12-29-25-5-1-2-8-28(25)33-34-29/h1-3,5-12,19,38H,4,13-18,20-21,32H2,(H,33,34)/b12-11+. The van der Waals surface area contributed by atoms with Crippen molar-refractivity contribution >= 4 is 40.3 Å². The first-order valence-electron chi connectivity index (χ1n) is 13.6. The average molecular weight is 523 g/mol. The number of nitrogens with zero attached hydrogens (tertiary/aromatic N) is 4. The monoisotopic (exact) mass is 522 g/mol. The van der Waals surface area contributed by atoms with Gasteiger partial charge in [-0.05, 0) is 47.9 Å². The first-order chi connectivity index (χ1) is 19.1. The molecule has 1 aromatic heterocycles. The van der Waals surface area contributed by atoms with Crippen molar-refractivity contribution in [2.75, 3.05) is 50.0 Å². The number of amides is 1. The molecule has 0 radical (unpaired) electrons. The number of H-pyrrole nitrogens is 1. The quantitative estimate of drug-likeness (QED) is 0.303. The molecule has 4 aromatic rings. The molecule has 0 bridgehead atoms. The maximum Gasteiger partial charge on any atom is 0.259 e. The lowest BCUT2D eigenvalue weighted by molar-refractivity contribution is 0.0996. The number of benzene rings is 3. The SMILES string of the molecule is Nc1cccc2c1CN(c1cc(CN3CCN(CCCO)CC3)ccc1/C=C/c1n[nH]c3ccccc13)C2=O. The summed E-state index contributed by atoms with van der Waals surface area (Å²) in [6.07, 6.45) is 4.87. The van der Waals surface area contributed by atoms with Crippen LogP contribution in [-0.4, -0.2) is 70.3 Å². The fraction of sp³-hybridized carbons (Fsp3) is 0.290.